The molecule has 18 heavy (non-hydrogen) atoms. The maximum Gasteiger partial charge on any atom is 0.217 e. The van der Waals surface area contributed by atoms with Gasteiger partial charge in [-0.05, 0) is 24.6 Å². The van der Waals surface area contributed by atoms with Crippen molar-refractivity contribution in [1.29, 1.82) is 0 Å². The van der Waals surface area contributed by atoms with Gasteiger partial charge in [0.25, 0.3) is 0 Å². The summed E-state index contributed by atoms with van der Waals surface area (Å²) in [6.45, 7) is 4.54. The minimum absolute atomic E-state index is 0.0376. The summed E-state index contributed by atoms with van der Waals surface area (Å²) < 4.78 is 10.7. The molecule has 0 saturated heterocycles. The van der Waals surface area contributed by atoms with Crippen LogP contribution in [-0.4, -0.2) is 26.2 Å². The summed E-state index contributed by atoms with van der Waals surface area (Å²) in [6.07, 6.45) is 3.82. The molecule has 1 rings (SSSR count). The first-order valence-corrected chi connectivity index (χ1v) is 5.89. The molecule has 0 aliphatic carbocycles. The van der Waals surface area contributed by atoms with Gasteiger partial charge in [0.15, 0.2) is 11.5 Å². The van der Waals surface area contributed by atoms with Crippen molar-refractivity contribution in [2.24, 2.45) is 0 Å². The van der Waals surface area contributed by atoms with Crippen molar-refractivity contribution in [2.75, 3.05) is 20.3 Å². The maximum atomic E-state index is 10.7. The molecule has 4 heteroatoms. The van der Waals surface area contributed by atoms with Crippen LogP contribution in [0.1, 0.15) is 19.4 Å². The molecule has 0 aliphatic rings. The summed E-state index contributed by atoms with van der Waals surface area (Å²) in [5.74, 6) is 1.40. The molecule has 0 aliphatic heterocycles. The molecular formula is C14H19NO3. The highest BCUT2D eigenvalue weighted by Gasteiger charge is 2.03. The number of nitrogens with one attached hydrogen (secondary N) is 1. The van der Waals surface area contributed by atoms with Crippen molar-refractivity contribution >= 4 is 12.0 Å². The number of hydrogen-bond acceptors (Lipinski definition) is 3. The highest BCUT2D eigenvalue weighted by molar-refractivity contribution is 5.73. The lowest BCUT2D eigenvalue weighted by Gasteiger charge is -2.09. The van der Waals surface area contributed by atoms with E-state index >= 15 is 0 Å². The molecule has 1 amide bonds. The summed E-state index contributed by atoms with van der Waals surface area (Å²) in [6, 6.07) is 5.71. The van der Waals surface area contributed by atoms with Crippen LogP contribution in [-0.2, 0) is 4.79 Å². The number of rotatable bonds is 6. The van der Waals surface area contributed by atoms with Crippen LogP contribution < -0.4 is 14.8 Å². The maximum absolute atomic E-state index is 10.7. The minimum Gasteiger partial charge on any atom is -0.493 e. The molecule has 0 saturated carbocycles. The first-order valence-electron chi connectivity index (χ1n) is 5.89. The van der Waals surface area contributed by atoms with E-state index in [-0.39, 0.29) is 5.91 Å². The summed E-state index contributed by atoms with van der Waals surface area (Å²) in [5.41, 5.74) is 1.00. The summed E-state index contributed by atoms with van der Waals surface area (Å²) in [7, 11) is 1.62. The molecule has 4 nitrogen and oxygen atoms in total. The Kier molecular flexibility index (Phi) is 5.77. The fraction of sp³-hybridized carbons (Fsp3) is 0.357. The van der Waals surface area contributed by atoms with Gasteiger partial charge in [-0.25, -0.2) is 0 Å². The Morgan fingerprint density at radius 2 is 2.17 bits per heavy atom. The molecule has 0 bridgehead atoms. The van der Waals surface area contributed by atoms with Gasteiger partial charge < -0.3 is 14.8 Å². The number of carbonyl (C=O) groups excluding carboxylic acids is 1. The molecule has 0 atom stereocenters. The van der Waals surface area contributed by atoms with Crippen LogP contribution >= 0.6 is 0 Å². The molecule has 0 spiro atoms. The Morgan fingerprint density at radius 3 is 2.78 bits per heavy atom. The molecule has 0 unspecified atom stereocenters. The van der Waals surface area contributed by atoms with Crippen molar-refractivity contribution in [3.05, 3.63) is 29.8 Å². The SMILES string of the molecule is CCOc1cc(C=CCNC(C)=O)ccc1OC. The van der Waals surface area contributed by atoms with Crippen LogP contribution in [0.2, 0.25) is 0 Å². The van der Waals surface area contributed by atoms with Crippen LogP contribution in [0.4, 0.5) is 0 Å². The quantitative estimate of drug-likeness (QED) is 0.841. The van der Waals surface area contributed by atoms with E-state index in [1.807, 2.05) is 37.3 Å². The summed E-state index contributed by atoms with van der Waals surface area (Å²) >= 11 is 0. The smallest absolute Gasteiger partial charge is 0.217 e. The Morgan fingerprint density at radius 1 is 1.39 bits per heavy atom. The third kappa shape index (κ3) is 4.49. The third-order valence-electron chi connectivity index (χ3n) is 2.27. The molecule has 0 radical (unpaired) electrons. The number of benzene rings is 1. The van der Waals surface area contributed by atoms with Gasteiger partial charge in [-0.15, -0.1) is 0 Å². The van der Waals surface area contributed by atoms with Crippen molar-refractivity contribution in [3.8, 4) is 11.5 Å². The van der Waals surface area contributed by atoms with Gasteiger partial charge in [-0.3, -0.25) is 4.79 Å². The topological polar surface area (TPSA) is 47.6 Å². The second-order valence-corrected chi connectivity index (χ2v) is 3.68. The van der Waals surface area contributed by atoms with Crippen LogP contribution in [0.3, 0.4) is 0 Å². The predicted octanol–water partition coefficient (Wildman–Crippen LogP) is 2.24. The Bertz CT molecular complexity index is 427. The molecule has 98 valence electrons. The monoisotopic (exact) mass is 249 g/mol. The van der Waals surface area contributed by atoms with Crippen LogP contribution in [0.15, 0.2) is 24.3 Å². The van der Waals surface area contributed by atoms with Crippen LogP contribution in [0.5, 0.6) is 11.5 Å². The predicted molar refractivity (Wildman–Crippen MR) is 71.9 cm³/mol. The minimum atomic E-state index is -0.0376. The largest absolute Gasteiger partial charge is 0.493 e. The second-order valence-electron chi connectivity index (χ2n) is 3.68. The van der Waals surface area contributed by atoms with E-state index in [1.54, 1.807) is 7.11 Å². The molecule has 0 heterocycles. The highest BCUT2D eigenvalue weighted by atomic mass is 16.5. The lowest BCUT2D eigenvalue weighted by atomic mass is 10.2. The van der Waals surface area contributed by atoms with Crippen molar-refractivity contribution < 1.29 is 14.3 Å². The Balaban J connectivity index is 2.71. The lowest BCUT2D eigenvalue weighted by molar-refractivity contribution is -0.118. The Labute approximate surface area is 108 Å². The fourth-order valence-corrected chi connectivity index (χ4v) is 1.46. The highest BCUT2D eigenvalue weighted by Crippen LogP contribution is 2.28. The van der Waals surface area contributed by atoms with E-state index in [9.17, 15) is 4.79 Å². The first-order chi connectivity index (χ1) is 8.67. The van der Waals surface area contributed by atoms with E-state index in [1.165, 1.54) is 6.92 Å². The zero-order chi connectivity index (χ0) is 13.4. The van der Waals surface area contributed by atoms with Gasteiger partial charge in [0.1, 0.15) is 0 Å². The van der Waals surface area contributed by atoms with Gasteiger partial charge in [-0.1, -0.05) is 18.2 Å². The van der Waals surface area contributed by atoms with Gasteiger partial charge >= 0.3 is 0 Å². The molecule has 0 fully saturated rings. The van der Waals surface area contributed by atoms with E-state index in [0.717, 1.165) is 17.1 Å². The molecule has 1 aromatic carbocycles. The number of carbonyl (C=O) groups is 1. The average Bonchev–Trinajstić information content (AvgIpc) is 2.35. The number of ether oxygens (including phenoxy) is 2. The van der Waals surface area contributed by atoms with Crippen LogP contribution in [0.25, 0.3) is 6.08 Å². The molecule has 1 N–H and O–H groups in total. The van der Waals surface area contributed by atoms with E-state index in [2.05, 4.69) is 5.32 Å². The fourth-order valence-electron chi connectivity index (χ4n) is 1.46. The van der Waals surface area contributed by atoms with E-state index in [0.29, 0.717) is 13.2 Å². The molecular weight excluding hydrogens is 230 g/mol. The summed E-state index contributed by atoms with van der Waals surface area (Å²) in [4.78, 5) is 10.7. The zero-order valence-electron chi connectivity index (χ0n) is 11.0. The van der Waals surface area contributed by atoms with Crippen molar-refractivity contribution in [1.82, 2.24) is 5.32 Å². The first kappa shape index (κ1) is 14.1. The van der Waals surface area contributed by atoms with Gasteiger partial charge in [0.2, 0.25) is 5.91 Å². The van der Waals surface area contributed by atoms with Gasteiger partial charge in [0.05, 0.1) is 13.7 Å². The molecule has 1 aromatic rings. The standard InChI is InChI=1S/C14H19NO3/c1-4-18-14-10-12(7-8-13(14)17-3)6-5-9-15-11(2)16/h5-8,10H,4,9H2,1-3H3,(H,15,16). The van der Waals surface area contributed by atoms with Crippen molar-refractivity contribution in [2.45, 2.75) is 13.8 Å². The number of methoxy groups -OCH3 is 1. The van der Waals surface area contributed by atoms with E-state index < -0.39 is 0 Å². The third-order valence-corrected chi connectivity index (χ3v) is 2.27. The van der Waals surface area contributed by atoms with Gasteiger partial charge in [0, 0.05) is 13.5 Å². The number of amides is 1. The lowest BCUT2D eigenvalue weighted by Crippen LogP contribution is -2.19. The van der Waals surface area contributed by atoms with Gasteiger partial charge in [-0.2, -0.15) is 0 Å². The normalized spacial score (nSPS) is 10.4. The molecule has 0 aromatic heterocycles. The number of hydrogen-bond donors (Lipinski definition) is 1. The Hall–Kier alpha value is -1.97. The zero-order valence-corrected chi connectivity index (χ0v) is 11.0. The van der Waals surface area contributed by atoms with Crippen molar-refractivity contribution in [3.63, 3.8) is 0 Å². The van der Waals surface area contributed by atoms with E-state index in [4.69, 9.17) is 9.47 Å². The second kappa shape index (κ2) is 7.37. The average molecular weight is 249 g/mol. The van der Waals surface area contributed by atoms with Crippen LogP contribution in [0, 0.1) is 0 Å². The summed E-state index contributed by atoms with van der Waals surface area (Å²) in [5, 5.41) is 2.70.